The van der Waals surface area contributed by atoms with Gasteiger partial charge >= 0.3 is 0 Å². The molecule has 3 aromatic rings. The van der Waals surface area contributed by atoms with Crippen LogP contribution < -0.4 is 4.72 Å². The maximum atomic E-state index is 12.5. The monoisotopic (exact) mass is 319 g/mol. The van der Waals surface area contributed by atoms with Gasteiger partial charge in [0, 0.05) is 18.7 Å². The zero-order valence-corrected chi connectivity index (χ0v) is 13.0. The molecule has 0 spiro atoms. The summed E-state index contributed by atoms with van der Waals surface area (Å²) in [6.07, 6.45) is 6.05. The number of nitrogens with one attached hydrogen (secondary N) is 1. The molecular formula is C15H17N3O3S. The van der Waals surface area contributed by atoms with E-state index in [1.807, 2.05) is 19.1 Å². The van der Waals surface area contributed by atoms with Crippen LogP contribution in [-0.4, -0.2) is 24.1 Å². The normalized spacial score (nSPS) is 13.5. The zero-order valence-electron chi connectivity index (χ0n) is 12.1. The molecule has 6 nitrogen and oxygen atoms in total. The molecule has 116 valence electrons. The Morgan fingerprint density at radius 1 is 1.32 bits per heavy atom. The third kappa shape index (κ3) is 3.05. The van der Waals surface area contributed by atoms with E-state index in [0.29, 0.717) is 18.4 Å². The number of furan rings is 1. The lowest BCUT2D eigenvalue weighted by molar-refractivity contribution is 0.480. The maximum Gasteiger partial charge on any atom is 0.244 e. The molecule has 0 fully saturated rings. The van der Waals surface area contributed by atoms with Gasteiger partial charge in [0.25, 0.3) is 0 Å². The van der Waals surface area contributed by atoms with Crippen molar-refractivity contribution >= 4 is 15.5 Å². The molecule has 0 saturated carbocycles. The van der Waals surface area contributed by atoms with E-state index in [9.17, 15) is 8.42 Å². The van der Waals surface area contributed by atoms with Crippen molar-refractivity contribution in [1.29, 1.82) is 0 Å². The van der Waals surface area contributed by atoms with Gasteiger partial charge in [-0.15, -0.1) is 0 Å². The summed E-state index contributed by atoms with van der Waals surface area (Å²) >= 11 is 0. The van der Waals surface area contributed by atoms with Crippen molar-refractivity contribution in [2.24, 2.45) is 0 Å². The minimum absolute atomic E-state index is 0.193. The van der Waals surface area contributed by atoms with Gasteiger partial charge in [-0.25, -0.2) is 17.7 Å². The first-order chi connectivity index (χ1) is 10.6. The fourth-order valence-corrected chi connectivity index (χ4v) is 3.72. The highest BCUT2D eigenvalue weighted by Gasteiger charge is 2.21. The lowest BCUT2D eigenvalue weighted by Crippen LogP contribution is -2.32. The maximum absolute atomic E-state index is 12.5. The van der Waals surface area contributed by atoms with Gasteiger partial charge in [-0.2, -0.15) is 5.10 Å². The summed E-state index contributed by atoms with van der Waals surface area (Å²) in [5.74, 6) is 0.849. The molecule has 0 aliphatic rings. The van der Waals surface area contributed by atoms with Crippen LogP contribution in [0.2, 0.25) is 0 Å². The fourth-order valence-electron chi connectivity index (χ4n) is 2.32. The summed E-state index contributed by atoms with van der Waals surface area (Å²) in [4.78, 5) is 0.193. The van der Waals surface area contributed by atoms with E-state index in [4.69, 9.17) is 4.42 Å². The van der Waals surface area contributed by atoms with Gasteiger partial charge in [-0.3, -0.25) is 0 Å². The number of sulfonamides is 1. The van der Waals surface area contributed by atoms with Crippen molar-refractivity contribution in [1.82, 2.24) is 14.3 Å². The Balaban J connectivity index is 1.73. The number of nitrogens with zero attached hydrogens (tertiary/aromatic N) is 2. The number of pyridine rings is 1. The van der Waals surface area contributed by atoms with Crippen LogP contribution >= 0.6 is 0 Å². The Morgan fingerprint density at radius 3 is 2.95 bits per heavy atom. The van der Waals surface area contributed by atoms with Crippen LogP contribution in [0.1, 0.15) is 19.1 Å². The number of hydrogen-bond acceptors (Lipinski definition) is 4. The second-order valence-corrected chi connectivity index (χ2v) is 6.86. The largest absolute Gasteiger partial charge is 0.469 e. The minimum Gasteiger partial charge on any atom is -0.469 e. The van der Waals surface area contributed by atoms with E-state index in [0.717, 1.165) is 5.76 Å². The van der Waals surface area contributed by atoms with Crippen molar-refractivity contribution in [3.05, 3.63) is 54.7 Å². The predicted octanol–water partition coefficient (Wildman–Crippen LogP) is 2.23. The van der Waals surface area contributed by atoms with Crippen LogP contribution in [0, 0.1) is 0 Å². The molecule has 1 atom stereocenters. The summed E-state index contributed by atoms with van der Waals surface area (Å²) in [5, 5.41) is 4.06. The second-order valence-electron chi connectivity index (χ2n) is 5.18. The van der Waals surface area contributed by atoms with E-state index >= 15 is 0 Å². The number of fused-ring (bicyclic) bond motifs is 1. The van der Waals surface area contributed by atoms with Gasteiger partial charge < -0.3 is 4.42 Å². The molecule has 7 heteroatoms. The van der Waals surface area contributed by atoms with Crippen molar-refractivity contribution in [2.45, 2.75) is 30.7 Å². The van der Waals surface area contributed by atoms with Gasteiger partial charge in [0.1, 0.15) is 10.7 Å². The molecule has 0 saturated heterocycles. The average Bonchev–Trinajstić information content (AvgIpc) is 3.14. The molecule has 1 unspecified atom stereocenters. The van der Waals surface area contributed by atoms with Crippen LogP contribution in [0.15, 0.2) is 58.3 Å². The lowest BCUT2D eigenvalue weighted by Gasteiger charge is -2.12. The molecule has 0 aliphatic heterocycles. The predicted molar refractivity (Wildman–Crippen MR) is 82.0 cm³/mol. The van der Waals surface area contributed by atoms with E-state index in [2.05, 4.69) is 9.82 Å². The topological polar surface area (TPSA) is 76.6 Å². The molecule has 0 aromatic carbocycles. The highest BCUT2D eigenvalue weighted by atomic mass is 32.2. The Kier molecular flexibility index (Phi) is 4.00. The van der Waals surface area contributed by atoms with Crippen LogP contribution in [0.25, 0.3) is 5.52 Å². The minimum atomic E-state index is -3.60. The Hall–Kier alpha value is -2.12. The van der Waals surface area contributed by atoms with Gasteiger partial charge in [-0.1, -0.05) is 6.07 Å². The Labute approximate surface area is 128 Å². The van der Waals surface area contributed by atoms with Gasteiger partial charge in [-0.05, 0) is 37.6 Å². The summed E-state index contributed by atoms with van der Waals surface area (Å²) in [6.45, 7) is 1.84. The molecule has 0 amide bonds. The number of hydrogen-bond donors (Lipinski definition) is 1. The van der Waals surface area contributed by atoms with Gasteiger partial charge in [0.15, 0.2) is 0 Å². The van der Waals surface area contributed by atoms with Crippen LogP contribution in [-0.2, 0) is 16.4 Å². The second kappa shape index (κ2) is 5.94. The van der Waals surface area contributed by atoms with E-state index in [1.165, 1.54) is 6.20 Å². The summed E-state index contributed by atoms with van der Waals surface area (Å²) < 4.78 is 34.5. The van der Waals surface area contributed by atoms with E-state index in [1.54, 1.807) is 35.2 Å². The molecule has 3 heterocycles. The van der Waals surface area contributed by atoms with Crippen LogP contribution in [0.5, 0.6) is 0 Å². The molecule has 3 aromatic heterocycles. The first kappa shape index (κ1) is 14.8. The quantitative estimate of drug-likeness (QED) is 0.756. The van der Waals surface area contributed by atoms with E-state index in [-0.39, 0.29) is 10.9 Å². The van der Waals surface area contributed by atoms with Crippen LogP contribution in [0.4, 0.5) is 0 Å². The molecular weight excluding hydrogens is 302 g/mol. The highest BCUT2D eigenvalue weighted by Crippen LogP contribution is 2.17. The highest BCUT2D eigenvalue weighted by molar-refractivity contribution is 7.89. The van der Waals surface area contributed by atoms with Crippen molar-refractivity contribution in [3.8, 4) is 0 Å². The van der Waals surface area contributed by atoms with Crippen molar-refractivity contribution < 1.29 is 12.8 Å². The molecule has 0 aliphatic carbocycles. The number of aromatic nitrogens is 2. The average molecular weight is 319 g/mol. The summed E-state index contributed by atoms with van der Waals surface area (Å²) in [6, 6.07) is 8.82. The Morgan fingerprint density at radius 2 is 2.18 bits per heavy atom. The van der Waals surface area contributed by atoms with E-state index < -0.39 is 10.0 Å². The summed E-state index contributed by atoms with van der Waals surface area (Å²) in [5.41, 5.74) is 0.563. The molecule has 22 heavy (non-hydrogen) atoms. The van der Waals surface area contributed by atoms with Gasteiger partial charge in [0.2, 0.25) is 10.0 Å². The zero-order chi connectivity index (χ0) is 15.6. The first-order valence-electron chi connectivity index (χ1n) is 7.03. The molecule has 0 radical (unpaired) electrons. The standard InChI is InChI=1S/C15H17N3O3S/c1-12(7-8-13-5-4-10-21-13)17-22(19,20)15-11-16-18-9-3-2-6-14(15)18/h2-6,9-12,17H,7-8H2,1H3. The summed E-state index contributed by atoms with van der Waals surface area (Å²) in [7, 11) is -3.60. The molecule has 3 rings (SSSR count). The first-order valence-corrected chi connectivity index (χ1v) is 8.52. The third-order valence-electron chi connectivity index (χ3n) is 3.44. The lowest BCUT2D eigenvalue weighted by atomic mass is 10.2. The van der Waals surface area contributed by atoms with Gasteiger partial charge in [0.05, 0.1) is 18.0 Å². The smallest absolute Gasteiger partial charge is 0.244 e. The number of rotatable bonds is 6. The number of aryl methyl sites for hydroxylation is 1. The Bertz CT molecular complexity index is 853. The third-order valence-corrected chi connectivity index (χ3v) is 5.05. The SMILES string of the molecule is CC(CCc1ccco1)NS(=O)(=O)c1cnn2ccccc12. The molecule has 0 bridgehead atoms. The van der Waals surface area contributed by atoms with Crippen molar-refractivity contribution in [2.75, 3.05) is 0 Å². The van der Waals surface area contributed by atoms with Crippen molar-refractivity contribution in [3.63, 3.8) is 0 Å². The molecule has 1 N–H and O–H groups in total. The fraction of sp³-hybridized carbons (Fsp3) is 0.267. The van der Waals surface area contributed by atoms with Crippen LogP contribution in [0.3, 0.4) is 0 Å².